The molecule has 88 valence electrons. The third-order valence-corrected chi connectivity index (χ3v) is 3.91. The van der Waals surface area contributed by atoms with Crippen LogP contribution in [0.15, 0.2) is 55.1 Å². The second-order valence-corrected chi connectivity index (χ2v) is 5.12. The van der Waals surface area contributed by atoms with Crippen LogP contribution in [0, 0.1) is 0 Å². The summed E-state index contributed by atoms with van der Waals surface area (Å²) in [6.45, 7) is 4.13. The number of thiazole rings is 1. The van der Waals surface area contributed by atoms with Gasteiger partial charge >= 0.3 is 0 Å². The number of fused-ring (bicyclic) bond motifs is 1. The van der Waals surface area contributed by atoms with Crippen LogP contribution in [-0.4, -0.2) is 4.98 Å². The summed E-state index contributed by atoms with van der Waals surface area (Å²) in [5, 5.41) is 0.959. The van der Waals surface area contributed by atoms with Gasteiger partial charge < -0.3 is 5.73 Å². The molecule has 0 unspecified atom stereocenters. The lowest BCUT2D eigenvalue weighted by atomic mass is 10.1. The molecule has 18 heavy (non-hydrogen) atoms. The fraction of sp³-hybridized carbons (Fsp3) is 0. The number of aromatic nitrogens is 1. The number of rotatable bonds is 2. The lowest BCUT2D eigenvalue weighted by Gasteiger charge is -2.02. The fourth-order valence-corrected chi connectivity index (χ4v) is 2.77. The molecular weight excluding hydrogens is 240 g/mol. The Labute approximate surface area is 109 Å². The van der Waals surface area contributed by atoms with E-state index in [1.807, 2.05) is 42.5 Å². The zero-order valence-electron chi connectivity index (χ0n) is 9.76. The Morgan fingerprint density at radius 2 is 1.78 bits per heavy atom. The van der Waals surface area contributed by atoms with Gasteiger partial charge in [-0.05, 0) is 29.8 Å². The summed E-state index contributed by atoms with van der Waals surface area (Å²) in [4.78, 5) is 4.60. The predicted molar refractivity (Wildman–Crippen MR) is 78.6 cm³/mol. The zero-order valence-corrected chi connectivity index (χ0v) is 10.6. The van der Waals surface area contributed by atoms with Crippen molar-refractivity contribution in [3.05, 3.63) is 65.7 Å². The molecule has 0 saturated carbocycles. The number of hydrogen-bond donors (Lipinski definition) is 1. The third-order valence-electron chi connectivity index (χ3n) is 2.81. The topological polar surface area (TPSA) is 38.9 Å². The third kappa shape index (κ3) is 1.89. The zero-order chi connectivity index (χ0) is 12.5. The van der Waals surface area contributed by atoms with Crippen LogP contribution in [0.4, 0.5) is 5.69 Å². The molecule has 2 aromatic carbocycles. The molecule has 1 heterocycles. The molecule has 3 rings (SSSR count). The van der Waals surface area contributed by atoms with Gasteiger partial charge in [0, 0.05) is 11.3 Å². The number of nitrogens with zero attached hydrogens (tertiary/aromatic N) is 1. The van der Waals surface area contributed by atoms with Gasteiger partial charge in [-0.3, -0.25) is 0 Å². The van der Waals surface area contributed by atoms with E-state index in [-0.39, 0.29) is 0 Å². The Bertz CT molecular complexity index is 678. The highest BCUT2D eigenvalue weighted by Gasteiger charge is 2.08. The Hall–Kier alpha value is -2.13. The highest BCUT2D eigenvalue weighted by atomic mass is 32.1. The molecule has 2 N–H and O–H groups in total. The normalized spacial score (nSPS) is 10.7. The summed E-state index contributed by atoms with van der Waals surface area (Å²) in [6, 6.07) is 15.8. The van der Waals surface area contributed by atoms with Crippen molar-refractivity contribution < 1.29 is 0 Å². The first kappa shape index (κ1) is 11.0. The largest absolute Gasteiger partial charge is 0.399 e. The first-order valence-electron chi connectivity index (χ1n) is 5.65. The minimum Gasteiger partial charge on any atom is -0.399 e. The van der Waals surface area contributed by atoms with Crippen molar-refractivity contribution >= 4 is 32.8 Å². The van der Waals surface area contributed by atoms with Crippen molar-refractivity contribution in [1.82, 2.24) is 4.98 Å². The second kappa shape index (κ2) is 4.27. The minimum atomic E-state index is 0.760. The van der Waals surface area contributed by atoms with Gasteiger partial charge in [0.05, 0.1) is 10.2 Å². The number of hydrogen-bond acceptors (Lipinski definition) is 3. The first-order chi connectivity index (χ1) is 8.74. The molecular formula is C15H12N2S. The van der Waals surface area contributed by atoms with E-state index in [4.69, 9.17) is 5.73 Å². The highest BCUT2D eigenvalue weighted by Crippen LogP contribution is 2.30. The molecule has 1 aromatic heterocycles. The van der Waals surface area contributed by atoms with Gasteiger partial charge in [-0.15, -0.1) is 11.3 Å². The second-order valence-electron chi connectivity index (χ2n) is 4.09. The van der Waals surface area contributed by atoms with Crippen LogP contribution in [-0.2, 0) is 0 Å². The summed E-state index contributed by atoms with van der Waals surface area (Å²) in [5.74, 6) is 0. The molecule has 2 nitrogen and oxygen atoms in total. The van der Waals surface area contributed by atoms with Gasteiger partial charge in [-0.25, -0.2) is 4.98 Å². The van der Waals surface area contributed by atoms with Crippen LogP contribution in [0.2, 0.25) is 0 Å². The molecule has 0 aliphatic carbocycles. The van der Waals surface area contributed by atoms with Crippen LogP contribution in [0.25, 0.3) is 15.8 Å². The van der Waals surface area contributed by atoms with Crippen LogP contribution >= 0.6 is 11.3 Å². The molecule has 0 atom stereocenters. The monoisotopic (exact) mass is 252 g/mol. The van der Waals surface area contributed by atoms with E-state index in [1.54, 1.807) is 11.3 Å². The van der Waals surface area contributed by atoms with Crippen LogP contribution in [0.5, 0.6) is 0 Å². The number of benzene rings is 2. The Kier molecular flexibility index (Phi) is 2.61. The molecule has 0 amide bonds. The molecule has 0 spiro atoms. The van der Waals surface area contributed by atoms with Gasteiger partial charge in [-0.2, -0.15) is 0 Å². The molecule has 0 bridgehead atoms. The van der Waals surface area contributed by atoms with Crippen LogP contribution in [0.1, 0.15) is 10.6 Å². The molecule has 3 heteroatoms. The van der Waals surface area contributed by atoms with E-state index in [0.29, 0.717) is 0 Å². The standard InChI is InChI=1S/C15H12N2S/c1-10(11-6-8-12(16)9-7-11)15-17-13-4-2-3-5-14(13)18-15/h2-9H,1,16H2. The Morgan fingerprint density at radius 1 is 1.06 bits per heavy atom. The Balaban J connectivity index is 2.03. The molecule has 3 aromatic rings. The average molecular weight is 252 g/mol. The highest BCUT2D eigenvalue weighted by molar-refractivity contribution is 7.19. The average Bonchev–Trinajstić information content (AvgIpc) is 2.82. The first-order valence-corrected chi connectivity index (χ1v) is 6.46. The van der Waals surface area contributed by atoms with Crippen molar-refractivity contribution in [3.8, 4) is 0 Å². The van der Waals surface area contributed by atoms with Gasteiger partial charge in [0.25, 0.3) is 0 Å². The van der Waals surface area contributed by atoms with E-state index in [2.05, 4.69) is 17.6 Å². The minimum absolute atomic E-state index is 0.760. The molecule has 0 radical (unpaired) electrons. The van der Waals surface area contributed by atoms with Gasteiger partial charge in [-0.1, -0.05) is 30.8 Å². The smallest absolute Gasteiger partial charge is 0.124 e. The number of anilines is 1. The van der Waals surface area contributed by atoms with E-state index in [1.165, 1.54) is 4.70 Å². The van der Waals surface area contributed by atoms with E-state index < -0.39 is 0 Å². The van der Waals surface area contributed by atoms with E-state index in [0.717, 1.165) is 27.3 Å². The summed E-state index contributed by atoms with van der Waals surface area (Å²) in [6.07, 6.45) is 0. The summed E-state index contributed by atoms with van der Waals surface area (Å²) < 4.78 is 1.18. The number of nitrogens with two attached hydrogens (primary N) is 1. The van der Waals surface area contributed by atoms with E-state index in [9.17, 15) is 0 Å². The fourth-order valence-electron chi connectivity index (χ4n) is 1.81. The lowest BCUT2D eigenvalue weighted by Crippen LogP contribution is -1.87. The van der Waals surface area contributed by atoms with Crippen molar-refractivity contribution in [2.45, 2.75) is 0 Å². The SMILES string of the molecule is C=C(c1ccc(N)cc1)c1nc2ccccc2s1. The van der Waals surface area contributed by atoms with Crippen molar-refractivity contribution in [2.24, 2.45) is 0 Å². The summed E-state index contributed by atoms with van der Waals surface area (Å²) in [5.41, 5.74) is 9.47. The molecule has 0 aliphatic heterocycles. The maximum absolute atomic E-state index is 5.68. The molecule has 0 fully saturated rings. The summed E-state index contributed by atoms with van der Waals surface area (Å²) in [7, 11) is 0. The van der Waals surface area contributed by atoms with Crippen molar-refractivity contribution in [1.29, 1.82) is 0 Å². The molecule has 0 saturated heterocycles. The summed E-state index contributed by atoms with van der Waals surface area (Å²) >= 11 is 1.66. The van der Waals surface area contributed by atoms with Crippen LogP contribution in [0.3, 0.4) is 0 Å². The van der Waals surface area contributed by atoms with Crippen molar-refractivity contribution in [3.63, 3.8) is 0 Å². The van der Waals surface area contributed by atoms with E-state index >= 15 is 0 Å². The molecule has 0 aliphatic rings. The maximum Gasteiger partial charge on any atom is 0.124 e. The Morgan fingerprint density at radius 3 is 2.50 bits per heavy atom. The predicted octanol–water partition coefficient (Wildman–Crippen LogP) is 3.94. The number of para-hydroxylation sites is 1. The number of nitrogen functional groups attached to an aromatic ring is 1. The van der Waals surface area contributed by atoms with Crippen molar-refractivity contribution in [2.75, 3.05) is 5.73 Å². The quantitative estimate of drug-likeness (QED) is 0.702. The van der Waals surface area contributed by atoms with Crippen LogP contribution < -0.4 is 5.73 Å². The lowest BCUT2D eigenvalue weighted by molar-refractivity contribution is 1.43. The van der Waals surface area contributed by atoms with Gasteiger partial charge in [0.1, 0.15) is 5.01 Å². The van der Waals surface area contributed by atoms with Gasteiger partial charge in [0.2, 0.25) is 0 Å². The van der Waals surface area contributed by atoms with Gasteiger partial charge in [0.15, 0.2) is 0 Å². The maximum atomic E-state index is 5.68.